The average Bonchev–Trinajstić information content (AvgIpc) is 3.58. The number of hydrogen-bond donors (Lipinski definition) is 0. The fraction of sp³-hybridized carbons (Fsp3) is 0.348. The third-order valence-electron chi connectivity index (χ3n) is 6.13. The Labute approximate surface area is 199 Å². The normalized spacial score (nSPS) is 23.6. The number of aryl methyl sites for hydroxylation is 1. The number of rotatable bonds is 5. The summed E-state index contributed by atoms with van der Waals surface area (Å²) in [6.07, 6.45) is 5.27. The number of carbonyl (C=O) groups excluding carboxylic acids is 1. The molecule has 0 spiro atoms. The fourth-order valence-corrected chi connectivity index (χ4v) is 6.26. The average molecular weight is 482 g/mol. The van der Waals surface area contributed by atoms with E-state index in [1.807, 2.05) is 35.9 Å². The molecular formula is C23H23N5O3S2. The summed E-state index contributed by atoms with van der Waals surface area (Å²) in [4.78, 5) is 26.9. The third kappa shape index (κ3) is 3.93. The molecule has 33 heavy (non-hydrogen) atoms. The highest BCUT2D eigenvalue weighted by Crippen LogP contribution is 2.47. The van der Waals surface area contributed by atoms with Gasteiger partial charge in [0.15, 0.2) is 0 Å². The molecule has 1 amide bonds. The number of nitro groups is 1. The lowest BCUT2D eigenvalue weighted by Gasteiger charge is -2.31. The van der Waals surface area contributed by atoms with Gasteiger partial charge in [-0.1, -0.05) is 19.1 Å². The Balaban J connectivity index is 1.61. The summed E-state index contributed by atoms with van der Waals surface area (Å²) >= 11 is 3.24. The summed E-state index contributed by atoms with van der Waals surface area (Å²) in [5.74, 6) is -0.0569. The van der Waals surface area contributed by atoms with E-state index in [-0.39, 0.29) is 23.3 Å². The van der Waals surface area contributed by atoms with Crippen molar-refractivity contribution in [2.45, 2.75) is 39.3 Å². The van der Waals surface area contributed by atoms with E-state index in [0.717, 1.165) is 33.9 Å². The van der Waals surface area contributed by atoms with Crippen molar-refractivity contribution in [3.8, 4) is 0 Å². The van der Waals surface area contributed by atoms with Gasteiger partial charge in [0.25, 0.3) is 0 Å². The Morgan fingerprint density at radius 2 is 2.09 bits per heavy atom. The van der Waals surface area contributed by atoms with Crippen LogP contribution in [0.1, 0.15) is 53.0 Å². The predicted molar refractivity (Wildman–Crippen MR) is 129 cm³/mol. The van der Waals surface area contributed by atoms with Crippen LogP contribution in [0.2, 0.25) is 0 Å². The number of carbonyl (C=O) groups is 1. The van der Waals surface area contributed by atoms with E-state index in [2.05, 4.69) is 24.2 Å². The van der Waals surface area contributed by atoms with Crippen LogP contribution in [0.4, 0.5) is 5.69 Å². The molecule has 1 aliphatic heterocycles. The van der Waals surface area contributed by atoms with Gasteiger partial charge in [-0.25, -0.2) is 5.01 Å². The van der Waals surface area contributed by atoms with E-state index in [9.17, 15) is 14.9 Å². The van der Waals surface area contributed by atoms with Crippen LogP contribution >= 0.6 is 22.7 Å². The Morgan fingerprint density at radius 3 is 2.76 bits per heavy atom. The van der Waals surface area contributed by atoms with Crippen molar-refractivity contribution in [2.24, 2.45) is 16.9 Å². The van der Waals surface area contributed by atoms with E-state index < -0.39 is 10.8 Å². The molecule has 0 bridgehead atoms. The molecule has 0 unspecified atom stereocenters. The van der Waals surface area contributed by atoms with Crippen molar-refractivity contribution in [3.05, 3.63) is 72.4 Å². The molecule has 0 N–H and O–H groups in total. The number of hydrazone groups is 1. The Hall–Kier alpha value is -3.11. The summed E-state index contributed by atoms with van der Waals surface area (Å²) in [6.45, 7) is 4.49. The summed E-state index contributed by atoms with van der Waals surface area (Å²) in [5, 5.41) is 26.2. The van der Waals surface area contributed by atoms with Crippen molar-refractivity contribution < 1.29 is 9.72 Å². The Morgan fingerprint density at radius 1 is 1.30 bits per heavy atom. The van der Waals surface area contributed by atoms with Gasteiger partial charge < -0.3 is 0 Å². The molecule has 2 aliphatic rings. The SMILES string of the molecule is CCn1cc([N+](=O)[O-])c(C(=O)N2N=C3/C(=C/c4cccs4)C[C@@H](C)C[C@H]3[C@H]2c2cccs2)n1. The largest absolute Gasteiger partial charge is 0.320 e. The van der Waals surface area contributed by atoms with E-state index in [1.165, 1.54) is 15.9 Å². The van der Waals surface area contributed by atoms with Gasteiger partial charge in [-0.3, -0.25) is 19.6 Å². The van der Waals surface area contributed by atoms with Crippen LogP contribution in [0.5, 0.6) is 0 Å². The van der Waals surface area contributed by atoms with Crippen LogP contribution in [0.3, 0.4) is 0 Å². The van der Waals surface area contributed by atoms with Crippen molar-refractivity contribution >= 4 is 46.1 Å². The molecule has 3 aromatic rings. The van der Waals surface area contributed by atoms with Crippen LogP contribution in [0.25, 0.3) is 6.08 Å². The second kappa shape index (κ2) is 8.68. The molecule has 8 nitrogen and oxygen atoms in total. The van der Waals surface area contributed by atoms with Gasteiger partial charge in [-0.2, -0.15) is 10.2 Å². The second-order valence-electron chi connectivity index (χ2n) is 8.41. The number of hydrogen-bond acceptors (Lipinski definition) is 7. The minimum absolute atomic E-state index is 0.0369. The minimum atomic E-state index is -0.549. The van der Waals surface area contributed by atoms with Gasteiger partial charge in [0, 0.05) is 22.2 Å². The van der Waals surface area contributed by atoms with E-state index >= 15 is 0 Å². The summed E-state index contributed by atoms with van der Waals surface area (Å²) in [6, 6.07) is 7.76. The molecule has 0 aromatic carbocycles. The van der Waals surface area contributed by atoms with E-state index in [1.54, 1.807) is 22.7 Å². The highest BCUT2D eigenvalue weighted by molar-refractivity contribution is 7.11. The van der Waals surface area contributed by atoms with E-state index in [0.29, 0.717) is 12.5 Å². The second-order valence-corrected chi connectivity index (χ2v) is 10.4. The maximum Gasteiger partial charge on any atom is 0.320 e. The lowest BCUT2D eigenvalue weighted by molar-refractivity contribution is -0.385. The lowest BCUT2D eigenvalue weighted by atomic mass is 9.74. The zero-order valence-corrected chi connectivity index (χ0v) is 19.9. The lowest BCUT2D eigenvalue weighted by Crippen LogP contribution is -2.33. The molecule has 3 aromatic heterocycles. The maximum atomic E-state index is 13.7. The minimum Gasteiger partial charge on any atom is -0.265 e. The molecule has 1 fully saturated rings. The van der Waals surface area contributed by atoms with Crippen molar-refractivity contribution in [2.75, 3.05) is 0 Å². The van der Waals surface area contributed by atoms with Gasteiger partial charge in [0.05, 0.1) is 16.7 Å². The molecular weight excluding hydrogens is 458 g/mol. The first-order chi connectivity index (χ1) is 16.0. The first kappa shape index (κ1) is 21.7. The molecule has 5 rings (SSSR count). The zero-order chi connectivity index (χ0) is 23.1. The first-order valence-corrected chi connectivity index (χ1v) is 12.6. The zero-order valence-electron chi connectivity index (χ0n) is 18.2. The van der Waals surface area contributed by atoms with Gasteiger partial charge in [-0.05, 0) is 60.2 Å². The van der Waals surface area contributed by atoms with Crippen LogP contribution in [0.15, 0.2) is 51.9 Å². The number of aromatic nitrogens is 2. The van der Waals surface area contributed by atoms with Crippen molar-refractivity contribution in [3.63, 3.8) is 0 Å². The smallest absolute Gasteiger partial charge is 0.265 e. The molecule has 10 heteroatoms. The monoisotopic (exact) mass is 481 g/mol. The van der Waals surface area contributed by atoms with Gasteiger partial charge in [0.1, 0.15) is 6.20 Å². The standard InChI is InChI=1S/C23H23N5O3S2/c1-3-26-13-18(28(30)31)21(24-26)23(29)27-22(19-7-5-9-33-19)17-11-14(2)10-15(20(17)25-27)12-16-6-4-8-32-16/h4-9,12-14,17,22H,3,10-11H2,1-2H3/b15-12+/t14-,17-,22+/m1/s1. The predicted octanol–water partition coefficient (Wildman–Crippen LogP) is 5.62. The van der Waals surface area contributed by atoms with Crippen LogP contribution in [0, 0.1) is 22.0 Å². The van der Waals surface area contributed by atoms with Gasteiger partial charge in [-0.15, -0.1) is 22.7 Å². The number of allylic oxidation sites excluding steroid dienone is 1. The van der Waals surface area contributed by atoms with E-state index in [4.69, 9.17) is 5.10 Å². The number of fused-ring (bicyclic) bond motifs is 1. The number of thiophene rings is 2. The molecule has 1 saturated carbocycles. The molecule has 1 aliphatic carbocycles. The molecule has 4 heterocycles. The van der Waals surface area contributed by atoms with Crippen LogP contribution in [-0.4, -0.2) is 31.3 Å². The highest BCUT2D eigenvalue weighted by Gasteiger charge is 2.47. The topological polar surface area (TPSA) is 93.6 Å². The highest BCUT2D eigenvalue weighted by atomic mass is 32.1. The number of nitrogens with zero attached hydrogens (tertiary/aromatic N) is 5. The summed E-state index contributed by atoms with van der Waals surface area (Å²) in [5.41, 5.74) is 1.59. The third-order valence-corrected chi connectivity index (χ3v) is 7.90. The van der Waals surface area contributed by atoms with Crippen LogP contribution in [-0.2, 0) is 6.54 Å². The maximum absolute atomic E-state index is 13.7. The summed E-state index contributed by atoms with van der Waals surface area (Å²) < 4.78 is 1.42. The van der Waals surface area contributed by atoms with Crippen molar-refractivity contribution in [1.29, 1.82) is 0 Å². The molecule has 0 saturated heterocycles. The number of amides is 1. The molecule has 170 valence electrons. The summed E-state index contributed by atoms with van der Waals surface area (Å²) in [7, 11) is 0. The Bertz CT molecular complexity index is 1240. The van der Waals surface area contributed by atoms with Gasteiger partial charge in [0.2, 0.25) is 5.69 Å². The van der Waals surface area contributed by atoms with Crippen molar-refractivity contribution in [1.82, 2.24) is 14.8 Å². The fourth-order valence-electron chi connectivity index (χ4n) is 4.71. The van der Waals surface area contributed by atoms with Crippen LogP contribution < -0.4 is 0 Å². The molecule has 3 atom stereocenters. The molecule has 0 radical (unpaired) electrons. The first-order valence-electron chi connectivity index (χ1n) is 10.9. The van der Waals surface area contributed by atoms with Gasteiger partial charge >= 0.3 is 11.6 Å². The quantitative estimate of drug-likeness (QED) is 0.349. The Kier molecular flexibility index (Phi) is 5.71.